The summed E-state index contributed by atoms with van der Waals surface area (Å²) in [5.41, 5.74) is -0.437. The zero-order valence-electron chi connectivity index (χ0n) is 20.8. The third-order valence-electron chi connectivity index (χ3n) is 6.51. The second-order valence-electron chi connectivity index (χ2n) is 10.1. The summed E-state index contributed by atoms with van der Waals surface area (Å²) < 4.78 is 10.3. The zero-order chi connectivity index (χ0) is 25.8. The molecule has 4 amide bonds. The fourth-order valence-corrected chi connectivity index (χ4v) is 4.81. The Morgan fingerprint density at radius 1 is 1.17 bits per heavy atom. The van der Waals surface area contributed by atoms with E-state index < -0.39 is 52.1 Å². The number of rotatable bonds is 6. The Bertz CT molecular complexity index is 970. The number of esters is 1. The third-order valence-corrected chi connectivity index (χ3v) is 6.84. The maximum Gasteiger partial charge on any atom is 0.427 e. The normalized spacial score (nSPS) is 22.7. The molecule has 2 saturated heterocycles. The number of halogens is 1. The van der Waals surface area contributed by atoms with E-state index in [2.05, 4.69) is 10.6 Å². The van der Waals surface area contributed by atoms with Crippen molar-refractivity contribution in [2.75, 3.05) is 19.7 Å². The number of carbonyl (C=O) groups is 4. The first-order valence-corrected chi connectivity index (χ1v) is 12.5. The number of nitrogens with zero attached hydrogens (tertiary/aromatic N) is 1. The Balaban J connectivity index is 1.89. The number of benzene rings is 1. The van der Waals surface area contributed by atoms with Crippen LogP contribution in [0.25, 0.3) is 0 Å². The van der Waals surface area contributed by atoms with Crippen molar-refractivity contribution in [2.45, 2.75) is 71.8 Å². The molecule has 1 aromatic carbocycles. The average Bonchev–Trinajstić information content (AvgIpc) is 3.15. The maximum absolute atomic E-state index is 14.1. The topological polar surface area (TPSA) is 111 Å². The molecule has 2 N–H and O–H groups in total. The van der Waals surface area contributed by atoms with Crippen molar-refractivity contribution in [3.05, 3.63) is 34.9 Å². The average molecular weight is 509 g/mol. The largest absolute Gasteiger partial charge is 0.439 e. The Morgan fingerprint density at radius 3 is 2.43 bits per heavy atom. The van der Waals surface area contributed by atoms with Gasteiger partial charge in [0, 0.05) is 6.61 Å². The Kier molecular flexibility index (Phi) is 8.56. The molecular weight excluding hydrogens is 474 g/mol. The van der Waals surface area contributed by atoms with E-state index in [0.717, 1.165) is 6.42 Å². The summed E-state index contributed by atoms with van der Waals surface area (Å²) in [5.74, 6) is -1.36. The minimum atomic E-state index is -0.969. The number of likely N-dealkylation sites (tertiary alicyclic amines) is 1. The van der Waals surface area contributed by atoms with Gasteiger partial charge in [0.25, 0.3) is 5.91 Å². The van der Waals surface area contributed by atoms with Crippen molar-refractivity contribution < 1.29 is 33.1 Å². The summed E-state index contributed by atoms with van der Waals surface area (Å²) in [4.78, 5) is 52.7. The number of carbonyl (C=O) groups excluding carboxylic acids is 4. The van der Waals surface area contributed by atoms with E-state index >= 15 is 0 Å². The first-order chi connectivity index (χ1) is 16.5. The van der Waals surface area contributed by atoms with E-state index in [-0.39, 0.29) is 17.0 Å². The molecule has 9 nitrogen and oxygen atoms in total. The lowest BCUT2D eigenvalue weighted by Crippen LogP contribution is -2.70. The highest BCUT2D eigenvalue weighted by Gasteiger charge is 2.53. The highest BCUT2D eigenvalue weighted by atomic mass is 35.5. The Labute approximate surface area is 211 Å². The SMILES string of the molecule is CCO[C@H]1CC(=O)O[C@H]1NC(=O)[N+]1(C(=O)[C@@H](NC(=O)c2ccccc2Cl)C(C)(C)C)CCCCC1. The van der Waals surface area contributed by atoms with Crippen LogP contribution in [0.1, 0.15) is 63.7 Å². The first kappa shape index (κ1) is 27.1. The first-order valence-electron chi connectivity index (χ1n) is 12.1. The van der Waals surface area contributed by atoms with Crippen molar-refractivity contribution >= 4 is 35.4 Å². The van der Waals surface area contributed by atoms with Crippen LogP contribution in [0.5, 0.6) is 0 Å². The van der Waals surface area contributed by atoms with E-state index in [0.29, 0.717) is 32.5 Å². The van der Waals surface area contributed by atoms with Gasteiger partial charge in [-0.3, -0.25) is 14.9 Å². The predicted octanol–water partition coefficient (Wildman–Crippen LogP) is 3.40. The van der Waals surface area contributed by atoms with Gasteiger partial charge in [-0.1, -0.05) is 44.5 Å². The monoisotopic (exact) mass is 508 g/mol. The highest BCUT2D eigenvalue weighted by molar-refractivity contribution is 6.33. The van der Waals surface area contributed by atoms with Gasteiger partial charge in [-0.25, -0.2) is 9.59 Å². The van der Waals surface area contributed by atoms with Crippen molar-refractivity contribution in [3.63, 3.8) is 0 Å². The van der Waals surface area contributed by atoms with Gasteiger partial charge in [-0.2, -0.15) is 4.48 Å². The van der Waals surface area contributed by atoms with Crippen LogP contribution >= 0.6 is 11.6 Å². The number of imide groups is 1. The number of amides is 4. The quantitative estimate of drug-likeness (QED) is 0.450. The lowest BCUT2D eigenvalue weighted by molar-refractivity contribution is -0.781. The number of hydrogen-bond donors (Lipinski definition) is 2. The number of piperidine rings is 1. The summed E-state index contributed by atoms with van der Waals surface area (Å²) >= 11 is 6.20. The molecule has 0 unspecified atom stereocenters. The Morgan fingerprint density at radius 2 is 1.83 bits per heavy atom. The molecule has 0 aliphatic carbocycles. The molecule has 0 bridgehead atoms. The number of quaternary nitrogens is 1. The van der Waals surface area contributed by atoms with E-state index in [4.69, 9.17) is 21.1 Å². The van der Waals surface area contributed by atoms with E-state index in [1.54, 1.807) is 31.2 Å². The molecule has 0 spiro atoms. The zero-order valence-corrected chi connectivity index (χ0v) is 21.5. The van der Waals surface area contributed by atoms with Crippen LogP contribution in [0.2, 0.25) is 5.02 Å². The molecule has 0 saturated carbocycles. The van der Waals surface area contributed by atoms with Crippen LogP contribution in [-0.2, 0) is 19.1 Å². The summed E-state index contributed by atoms with van der Waals surface area (Å²) in [5, 5.41) is 5.86. The van der Waals surface area contributed by atoms with Gasteiger partial charge in [0.1, 0.15) is 6.10 Å². The van der Waals surface area contributed by atoms with Gasteiger partial charge < -0.3 is 14.8 Å². The van der Waals surface area contributed by atoms with Gasteiger partial charge >= 0.3 is 17.9 Å². The number of ether oxygens (including phenoxy) is 2. The predicted molar refractivity (Wildman–Crippen MR) is 129 cm³/mol. The smallest absolute Gasteiger partial charge is 0.427 e. The third kappa shape index (κ3) is 6.02. The van der Waals surface area contributed by atoms with Crippen LogP contribution in [-0.4, -0.2) is 66.4 Å². The van der Waals surface area contributed by atoms with Crippen LogP contribution in [0, 0.1) is 5.41 Å². The summed E-state index contributed by atoms with van der Waals surface area (Å²) in [7, 11) is 0. The highest BCUT2D eigenvalue weighted by Crippen LogP contribution is 2.29. The number of urea groups is 1. The molecule has 35 heavy (non-hydrogen) atoms. The van der Waals surface area contributed by atoms with Gasteiger partial charge in [-0.05, 0) is 43.7 Å². The van der Waals surface area contributed by atoms with Crippen LogP contribution in [0.3, 0.4) is 0 Å². The maximum atomic E-state index is 14.1. The van der Waals surface area contributed by atoms with Gasteiger partial charge in [-0.15, -0.1) is 0 Å². The van der Waals surface area contributed by atoms with Crippen molar-refractivity contribution in [2.24, 2.45) is 5.41 Å². The second-order valence-corrected chi connectivity index (χ2v) is 10.5. The molecule has 0 radical (unpaired) electrons. The van der Waals surface area contributed by atoms with E-state index in [1.165, 1.54) is 0 Å². The van der Waals surface area contributed by atoms with E-state index in [1.807, 2.05) is 20.8 Å². The molecule has 10 heteroatoms. The summed E-state index contributed by atoms with van der Waals surface area (Å²) in [6, 6.07) is 5.08. The molecule has 1 aromatic rings. The summed E-state index contributed by atoms with van der Waals surface area (Å²) in [6.07, 6.45) is 0.694. The minimum absolute atomic E-state index is 0.0330. The molecule has 192 valence electrons. The molecule has 2 aliphatic rings. The molecule has 2 heterocycles. The Hall–Kier alpha value is -2.49. The fraction of sp³-hybridized carbons (Fsp3) is 0.600. The standard InChI is InChI=1S/C25H34ClN3O6/c1-5-34-18-15-19(30)35-22(18)28-24(33)29(13-9-6-10-14-29)23(32)20(25(2,3)4)27-21(31)16-11-7-8-12-17(16)26/h7-8,11-12,18,20,22H,5-6,9-10,13-15H2,1-4H3,(H-,27,28,31,33)/p+1/t18-,20+,22+/m0/s1. The fourth-order valence-electron chi connectivity index (χ4n) is 4.59. The van der Waals surface area contributed by atoms with Crippen LogP contribution < -0.4 is 10.6 Å². The van der Waals surface area contributed by atoms with Crippen molar-refractivity contribution in [1.29, 1.82) is 0 Å². The molecule has 3 atom stereocenters. The molecule has 2 aliphatic heterocycles. The van der Waals surface area contributed by atoms with Crippen molar-refractivity contribution in [3.8, 4) is 0 Å². The minimum Gasteiger partial charge on any atom is -0.439 e. The van der Waals surface area contributed by atoms with Crippen molar-refractivity contribution in [1.82, 2.24) is 10.6 Å². The lowest BCUT2D eigenvalue weighted by atomic mass is 9.84. The van der Waals surface area contributed by atoms with Gasteiger partial charge in [0.15, 0.2) is 6.04 Å². The molecule has 2 fully saturated rings. The van der Waals surface area contributed by atoms with Crippen LogP contribution in [0.4, 0.5) is 4.79 Å². The van der Waals surface area contributed by atoms with Gasteiger partial charge in [0.05, 0.1) is 30.1 Å². The number of cyclic esters (lactones) is 1. The van der Waals surface area contributed by atoms with E-state index in [9.17, 15) is 19.2 Å². The number of hydrogen-bond acceptors (Lipinski definition) is 6. The van der Waals surface area contributed by atoms with Gasteiger partial charge in [0.2, 0.25) is 6.23 Å². The molecule has 3 rings (SSSR count). The molecule has 0 aromatic heterocycles. The molecular formula is C25H35ClN3O6+. The lowest BCUT2D eigenvalue weighted by Gasteiger charge is -2.41. The summed E-state index contributed by atoms with van der Waals surface area (Å²) in [6.45, 7) is 8.24. The number of nitrogens with one attached hydrogen (secondary N) is 2. The second kappa shape index (κ2) is 11.1. The van der Waals surface area contributed by atoms with Crippen LogP contribution in [0.15, 0.2) is 24.3 Å².